The third kappa shape index (κ3) is 5.77. The molecule has 2 aliphatic rings. The van der Waals surface area contributed by atoms with Crippen molar-refractivity contribution in [1.29, 1.82) is 5.26 Å². The van der Waals surface area contributed by atoms with Crippen molar-refractivity contribution in [3.8, 4) is 28.7 Å². The Hall–Kier alpha value is -4.00. The van der Waals surface area contributed by atoms with E-state index in [2.05, 4.69) is 52.7 Å². The van der Waals surface area contributed by atoms with Crippen LogP contribution in [0.2, 0.25) is 0 Å². The number of likely N-dealkylation sites (tertiary alicyclic amines) is 1. The second kappa shape index (κ2) is 11.2. The van der Waals surface area contributed by atoms with Crippen molar-refractivity contribution < 1.29 is 15.0 Å². The fourth-order valence-electron chi connectivity index (χ4n) is 6.18. The van der Waals surface area contributed by atoms with E-state index in [4.69, 9.17) is 0 Å². The van der Waals surface area contributed by atoms with E-state index in [0.717, 1.165) is 37.1 Å². The van der Waals surface area contributed by atoms with Gasteiger partial charge in [0.15, 0.2) is 0 Å². The minimum absolute atomic E-state index is 0.0908. The second-order valence-electron chi connectivity index (χ2n) is 10.7. The Kier molecular flexibility index (Phi) is 7.54. The molecule has 3 aromatic carbocycles. The third-order valence-electron chi connectivity index (χ3n) is 8.30. The number of hydrogen-bond acceptors (Lipinski definition) is 5. The molecule has 0 unspecified atom stereocenters. The third-order valence-corrected chi connectivity index (χ3v) is 8.30. The minimum atomic E-state index is -0.135. The van der Waals surface area contributed by atoms with Gasteiger partial charge in [0.2, 0.25) is 5.91 Å². The highest BCUT2D eigenvalue weighted by molar-refractivity contribution is 5.91. The first-order valence-electron chi connectivity index (χ1n) is 13.5. The van der Waals surface area contributed by atoms with Gasteiger partial charge in [0.25, 0.3) is 0 Å². The molecule has 1 amide bonds. The summed E-state index contributed by atoms with van der Waals surface area (Å²) in [6, 6.07) is 24.9. The van der Waals surface area contributed by atoms with Crippen LogP contribution in [0.5, 0.6) is 11.5 Å². The van der Waals surface area contributed by atoms with E-state index >= 15 is 0 Å². The zero-order chi connectivity index (χ0) is 26.5. The van der Waals surface area contributed by atoms with Gasteiger partial charge in [-0.1, -0.05) is 49.2 Å². The highest BCUT2D eigenvalue weighted by Gasteiger charge is 2.38. The summed E-state index contributed by atoms with van der Waals surface area (Å²) in [5, 5.41) is 31.5. The van der Waals surface area contributed by atoms with Gasteiger partial charge in [-0.15, -0.1) is 0 Å². The molecule has 1 aliphatic heterocycles. The highest BCUT2D eigenvalue weighted by atomic mass is 16.3. The Morgan fingerprint density at radius 3 is 2.37 bits per heavy atom. The van der Waals surface area contributed by atoms with Crippen LogP contribution in [-0.2, 0) is 10.2 Å². The smallest absolute Gasteiger partial charge is 0.224 e. The summed E-state index contributed by atoms with van der Waals surface area (Å²) in [6.07, 6.45) is 8.27. The second-order valence-corrected chi connectivity index (χ2v) is 10.7. The number of piperidine rings is 1. The van der Waals surface area contributed by atoms with Crippen LogP contribution >= 0.6 is 0 Å². The van der Waals surface area contributed by atoms with E-state index in [1.165, 1.54) is 49.4 Å². The van der Waals surface area contributed by atoms with E-state index in [-0.39, 0.29) is 22.8 Å². The van der Waals surface area contributed by atoms with Crippen LogP contribution in [0.25, 0.3) is 11.1 Å². The Morgan fingerprint density at radius 1 is 1.03 bits per heavy atom. The average molecular weight is 508 g/mol. The van der Waals surface area contributed by atoms with Crippen LogP contribution in [0.4, 0.5) is 5.69 Å². The molecular weight excluding hydrogens is 474 g/mol. The lowest BCUT2D eigenvalue weighted by molar-refractivity contribution is -0.116. The zero-order valence-corrected chi connectivity index (χ0v) is 21.5. The molecule has 5 rings (SSSR count). The number of hydrogen-bond donors (Lipinski definition) is 3. The number of phenols is 2. The van der Waals surface area contributed by atoms with E-state index < -0.39 is 0 Å². The number of anilines is 1. The van der Waals surface area contributed by atoms with Crippen molar-refractivity contribution in [2.45, 2.75) is 62.8 Å². The molecule has 0 bridgehead atoms. The molecule has 3 N–H and O–H groups in total. The Bertz CT molecular complexity index is 1290. The summed E-state index contributed by atoms with van der Waals surface area (Å²) in [5.74, 6) is -0.316. The van der Waals surface area contributed by atoms with Gasteiger partial charge in [-0.3, -0.25) is 4.79 Å². The molecule has 0 radical (unpaired) electrons. The van der Waals surface area contributed by atoms with Crippen LogP contribution < -0.4 is 5.32 Å². The molecule has 1 aliphatic carbocycles. The molecule has 1 saturated heterocycles. The first-order chi connectivity index (χ1) is 18.4. The molecular formula is C32H33N3O3. The van der Waals surface area contributed by atoms with Crippen molar-refractivity contribution in [3.05, 3.63) is 77.9 Å². The van der Waals surface area contributed by atoms with Gasteiger partial charge in [0.05, 0.1) is 0 Å². The standard InChI is InChI=1S/C32H33N3O3/c33-22-23-4-3-5-25(18-23)24-8-10-26(11-9-24)32(14-16-35(17-15-32)28-6-1-2-7-28)13-12-31(38)34-27-19-29(36)21-30(37)20-27/h5,8-11,18-21,28,36-37H,1-2,6-7,12-17H2,(H,34,38). The number of aromatic hydroxyl groups is 2. The van der Waals surface area contributed by atoms with Crippen LogP contribution in [-0.4, -0.2) is 40.2 Å². The van der Waals surface area contributed by atoms with Gasteiger partial charge in [-0.2, -0.15) is 5.26 Å². The summed E-state index contributed by atoms with van der Waals surface area (Å²) in [7, 11) is 0. The van der Waals surface area contributed by atoms with Crippen LogP contribution in [0.1, 0.15) is 62.5 Å². The van der Waals surface area contributed by atoms with Gasteiger partial charge in [0, 0.05) is 36.3 Å². The van der Waals surface area contributed by atoms with Crippen molar-refractivity contribution in [1.82, 2.24) is 4.90 Å². The van der Waals surface area contributed by atoms with Crippen molar-refractivity contribution in [2.75, 3.05) is 18.4 Å². The SMILES string of the molecule is N#Cc1c#ccc(-c2ccc(C3(CCC(=O)Nc4cc(O)cc(O)c4)CCN(C4CCCC4)CC3)cc2)c1. The predicted octanol–water partition coefficient (Wildman–Crippen LogP) is 5.93. The van der Waals surface area contributed by atoms with Crippen LogP contribution in [0.3, 0.4) is 0 Å². The largest absolute Gasteiger partial charge is 0.508 e. The summed E-state index contributed by atoms with van der Waals surface area (Å²) in [6.45, 7) is 2.06. The molecule has 3 aromatic rings. The number of nitriles is 1. The maximum atomic E-state index is 12.9. The van der Waals surface area contributed by atoms with Crippen LogP contribution in [0, 0.1) is 23.5 Å². The highest BCUT2D eigenvalue weighted by Crippen LogP contribution is 2.42. The molecule has 194 valence electrons. The monoisotopic (exact) mass is 507 g/mol. The fraction of sp³-hybridized carbons (Fsp3) is 0.375. The number of benzene rings is 2. The zero-order valence-electron chi connectivity index (χ0n) is 21.5. The number of amides is 1. The lowest BCUT2D eigenvalue weighted by atomic mass is 9.69. The lowest BCUT2D eigenvalue weighted by Crippen LogP contribution is -2.46. The Labute approximate surface area is 224 Å². The van der Waals surface area contributed by atoms with Crippen molar-refractivity contribution in [3.63, 3.8) is 0 Å². The fourth-order valence-corrected chi connectivity index (χ4v) is 6.18. The Morgan fingerprint density at radius 2 is 1.71 bits per heavy atom. The maximum Gasteiger partial charge on any atom is 0.224 e. The predicted molar refractivity (Wildman–Crippen MR) is 147 cm³/mol. The summed E-state index contributed by atoms with van der Waals surface area (Å²) in [5.41, 5.74) is 3.94. The van der Waals surface area contributed by atoms with E-state index in [1.807, 2.05) is 12.1 Å². The normalized spacial score (nSPS) is 17.4. The van der Waals surface area contributed by atoms with Gasteiger partial charge in [-0.05, 0) is 79.4 Å². The minimum Gasteiger partial charge on any atom is -0.508 e. The van der Waals surface area contributed by atoms with Crippen molar-refractivity contribution in [2.24, 2.45) is 0 Å². The molecule has 6 heteroatoms. The number of phenolic OH excluding ortho intramolecular Hbond substituents is 2. The molecule has 38 heavy (non-hydrogen) atoms. The van der Waals surface area contributed by atoms with Crippen molar-refractivity contribution >= 4 is 11.6 Å². The molecule has 0 spiro atoms. The molecule has 1 saturated carbocycles. The summed E-state index contributed by atoms with van der Waals surface area (Å²) < 4.78 is 0. The first kappa shape index (κ1) is 25.6. The molecule has 6 nitrogen and oxygen atoms in total. The molecule has 0 atom stereocenters. The summed E-state index contributed by atoms with van der Waals surface area (Å²) in [4.78, 5) is 15.6. The van der Waals surface area contributed by atoms with Gasteiger partial charge >= 0.3 is 0 Å². The number of nitrogens with one attached hydrogen (secondary N) is 1. The molecule has 2 fully saturated rings. The van der Waals surface area contributed by atoms with Crippen LogP contribution in [0.15, 0.2) is 54.6 Å². The lowest BCUT2D eigenvalue weighted by Gasteiger charge is -2.44. The number of carbonyl (C=O) groups excluding carboxylic acids is 1. The maximum absolute atomic E-state index is 12.9. The van der Waals surface area contributed by atoms with Gasteiger partial charge in [-0.25, -0.2) is 0 Å². The number of carbonyl (C=O) groups is 1. The topological polar surface area (TPSA) is 96.6 Å². The van der Waals surface area contributed by atoms with Gasteiger partial charge < -0.3 is 20.4 Å². The molecule has 0 aromatic heterocycles. The Balaban J connectivity index is 1.34. The molecule has 1 heterocycles. The first-order valence-corrected chi connectivity index (χ1v) is 13.5. The summed E-state index contributed by atoms with van der Waals surface area (Å²) >= 11 is 0. The van der Waals surface area contributed by atoms with E-state index in [0.29, 0.717) is 30.1 Å². The number of rotatable bonds is 7. The number of nitrogens with zero attached hydrogens (tertiary/aromatic N) is 2. The van der Waals surface area contributed by atoms with Gasteiger partial charge in [0.1, 0.15) is 23.1 Å². The quantitative estimate of drug-likeness (QED) is 0.368. The average Bonchev–Trinajstić information content (AvgIpc) is 3.47. The van der Waals surface area contributed by atoms with E-state index in [9.17, 15) is 20.3 Å². The van der Waals surface area contributed by atoms with E-state index in [1.54, 1.807) is 0 Å².